The van der Waals surface area contributed by atoms with Gasteiger partial charge in [-0.1, -0.05) is 28.9 Å². The summed E-state index contributed by atoms with van der Waals surface area (Å²) in [4.78, 5) is 19.7. The molecule has 0 radical (unpaired) electrons. The molecule has 1 saturated heterocycles. The fraction of sp³-hybridized carbons (Fsp3) is 0.526. The standard InChI is InChI=1S/C19H26N4O3.ClH/c1-14-5-3-6-15(11-14)19-20-17(26-21-19)12-23-9-4-7-16(8-10-23)22(2)13-18(24)25;/h3,5-6,11,16H,4,7-10,12-13H2,1-2H3,(H,24,25);1H. The molecule has 1 fully saturated rings. The molecule has 2 aromatic rings. The molecule has 8 heteroatoms. The van der Waals surface area contributed by atoms with Crippen molar-refractivity contribution in [1.82, 2.24) is 19.9 Å². The molecular formula is C19H27ClN4O3. The average molecular weight is 395 g/mol. The van der Waals surface area contributed by atoms with E-state index in [1.165, 1.54) is 0 Å². The zero-order valence-corrected chi connectivity index (χ0v) is 16.6. The van der Waals surface area contributed by atoms with Gasteiger partial charge in [-0.25, -0.2) is 0 Å². The Balaban J connectivity index is 0.00000261. The molecule has 0 spiro atoms. The van der Waals surface area contributed by atoms with Crippen LogP contribution in [0.3, 0.4) is 0 Å². The normalized spacial score (nSPS) is 18.1. The van der Waals surface area contributed by atoms with E-state index in [0.29, 0.717) is 24.3 Å². The van der Waals surface area contributed by atoms with Crippen LogP contribution in [0.15, 0.2) is 28.8 Å². The first-order valence-corrected chi connectivity index (χ1v) is 9.05. The third-order valence-electron chi connectivity index (χ3n) is 4.90. The van der Waals surface area contributed by atoms with Crippen LogP contribution in [0.1, 0.15) is 30.7 Å². The first kappa shape index (κ1) is 21.3. The van der Waals surface area contributed by atoms with Crippen molar-refractivity contribution in [3.8, 4) is 11.4 Å². The Bertz CT molecular complexity index is 752. The molecule has 1 unspecified atom stereocenters. The summed E-state index contributed by atoms with van der Waals surface area (Å²) in [5.41, 5.74) is 2.13. The summed E-state index contributed by atoms with van der Waals surface area (Å²) in [5, 5.41) is 13.1. The smallest absolute Gasteiger partial charge is 0.317 e. The van der Waals surface area contributed by atoms with Crippen LogP contribution in [-0.2, 0) is 11.3 Å². The molecule has 1 N–H and O–H groups in total. The van der Waals surface area contributed by atoms with Crippen molar-refractivity contribution in [2.24, 2.45) is 0 Å². The van der Waals surface area contributed by atoms with Crippen LogP contribution in [0.5, 0.6) is 0 Å². The van der Waals surface area contributed by atoms with E-state index in [2.05, 4.69) is 15.0 Å². The van der Waals surface area contributed by atoms with Gasteiger partial charge in [0.25, 0.3) is 0 Å². The number of aryl methyl sites for hydroxylation is 1. The fourth-order valence-electron chi connectivity index (χ4n) is 3.49. The Labute approximate surface area is 165 Å². The fourth-order valence-corrected chi connectivity index (χ4v) is 3.49. The van der Waals surface area contributed by atoms with Gasteiger partial charge in [0.2, 0.25) is 11.7 Å². The number of likely N-dealkylation sites (N-methyl/N-ethyl adjacent to an activating group) is 1. The quantitative estimate of drug-likeness (QED) is 0.806. The number of rotatable bonds is 6. The number of hydrogen-bond donors (Lipinski definition) is 1. The Kier molecular flexibility index (Phi) is 7.77. The molecule has 0 amide bonds. The molecule has 1 atom stereocenters. The summed E-state index contributed by atoms with van der Waals surface area (Å²) in [5.74, 6) is 0.472. The van der Waals surface area contributed by atoms with Crippen molar-refractivity contribution in [2.45, 2.75) is 38.8 Å². The highest BCUT2D eigenvalue weighted by Gasteiger charge is 2.22. The molecule has 1 aromatic heterocycles. The van der Waals surface area contributed by atoms with Gasteiger partial charge < -0.3 is 9.63 Å². The second-order valence-corrected chi connectivity index (χ2v) is 7.05. The minimum atomic E-state index is -0.775. The van der Waals surface area contributed by atoms with E-state index in [1.807, 2.05) is 43.1 Å². The van der Waals surface area contributed by atoms with Crippen molar-refractivity contribution in [2.75, 3.05) is 26.7 Å². The van der Waals surface area contributed by atoms with Crippen molar-refractivity contribution >= 4 is 18.4 Å². The predicted octanol–water partition coefficient (Wildman–Crippen LogP) is 2.84. The number of aromatic nitrogens is 2. The number of aliphatic carboxylic acids is 1. The summed E-state index contributed by atoms with van der Waals surface area (Å²) in [7, 11) is 1.89. The summed E-state index contributed by atoms with van der Waals surface area (Å²) >= 11 is 0. The van der Waals surface area contributed by atoms with Gasteiger partial charge in [-0.2, -0.15) is 4.98 Å². The highest BCUT2D eigenvalue weighted by molar-refractivity contribution is 5.85. The first-order valence-electron chi connectivity index (χ1n) is 9.05. The lowest BCUT2D eigenvalue weighted by atomic mass is 10.1. The van der Waals surface area contributed by atoms with Gasteiger partial charge in [-0.3, -0.25) is 14.6 Å². The number of carboxylic acid groups (broad SMARTS) is 1. The van der Waals surface area contributed by atoms with Gasteiger partial charge in [0, 0.05) is 18.2 Å². The lowest BCUT2D eigenvalue weighted by Gasteiger charge is -2.25. The van der Waals surface area contributed by atoms with Crippen LogP contribution < -0.4 is 0 Å². The third-order valence-corrected chi connectivity index (χ3v) is 4.90. The van der Waals surface area contributed by atoms with Gasteiger partial charge in [0.05, 0.1) is 13.1 Å². The molecule has 7 nitrogen and oxygen atoms in total. The topological polar surface area (TPSA) is 82.7 Å². The van der Waals surface area contributed by atoms with Crippen LogP contribution in [-0.4, -0.2) is 63.7 Å². The van der Waals surface area contributed by atoms with Crippen molar-refractivity contribution < 1.29 is 14.4 Å². The summed E-state index contributed by atoms with van der Waals surface area (Å²) in [6.45, 7) is 4.62. The van der Waals surface area contributed by atoms with E-state index in [-0.39, 0.29) is 19.0 Å². The van der Waals surface area contributed by atoms with Gasteiger partial charge in [-0.05, 0) is 45.8 Å². The zero-order chi connectivity index (χ0) is 18.5. The molecular weight excluding hydrogens is 368 g/mol. The molecule has 1 aromatic carbocycles. The highest BCUT2D eigenvalue weighted by atomic mass is 35.5. The number of carbonyl (C=O) groups is 1. The molecule has 0 saturated carbocycles. The van der Waals surface area contributed by atoms with Crippen LogP contribution in [0.4, 0.5) is 0 Å². The number of likely N-dealkylation sites (tertiary alicyclic amines) is 1. The molecule has 2 heterocycles. The van der Waals surface area contributed by atoms with E-state index < -0.39 is 5.97 Å². The molecule has 1 aliphatic rings. The van der Waals surface area contributed by atoms with E-state index in [9.17, 15) is 4.79 Å². The van der Waals surface area contributed by atoms with Crippen LogP contribution >= 0.6 is 12.4 Å². The largest absolute Gasteiger partial charge is 0.480 e. The predicted molar refractivity (Wildman–Crippen MR) is 105 cm³/mol. The lowest BCUT2D eigenvalue weighted by molar-refractivity contribution is -0.138. The third kappa shape index (κ3) is 6.02. The Morgan fingerprint density at radius 2 is 2.19 bits per heavy atom. The highest BCUT2D eigenvalue weighted by Crippen LogP contribution is 2.20. The molecule has 0 bridgehead atoms. The Morgan fingerprint density at radius 3 is 2.93 bits per heavy atom. The maximum atomic E-state index is 10.9. The summed E-state index contributed by atoms with van der Waals surface area (Å²) in [6, 6.07) is 8.37. The van der Waals surface area contributed by atoms with Crippen molar-refractivity contribution in [3.63, 3.8) is 0 Å². The maximum absolute atomic E-state index is 10.9. The monoisotopic (exact) mass is 394 g/mol. The number of nitrogens with zero attached hydrogens (tertiary/aromatic N) is 4. The van der Waals surface area contributed by atoms with Gasteiger partial charge in [-0.15, -0.1) is 12.4 Å². The zero-order valence-electron chi connectivity index (χ0n) is 15.8. The summed E-state index contributed by atoms with van der Waals surface area (Å²) in [6.07, 6.45) is 2.99. The first-order chi connectivity index (χ1) is 12.5. The SMILES string of the molecule is Cc1cccc(-c2noc(CN3CCCC(N(C)CC(=O)O)CC3)n2)c1.Cl. The molecule has 148 valence electrons. The van der Waals surface area contributed by atoms with Gasteiger partial charge >= 0.3 is 5.97 Å². The van der Waals surface area contributed by atoms with E-state index >= 15 is 0 Å². The maximum Gasteiger partial charge on any atom is 0.317 e. The van der Waals surface area contributed by atoms with Crippen LogP contribution in [0.25, 0.3) is 11.4 Å². The Hall–Kier alpha value is -1.96. The van der Waals surface area contributed by atoms with E-state index in [0.717, 1.165) is 43.5 Å². The second kappa shape index (κ2) is 9.82. The lowest BCUT2D eigenvalue weighted by Crippen LogP contribution is -2.36. The van der Waals surface area contributed by atoms with Crippen molar-refractivity contribution in [1.29, 1.82) is 0 Å². The molecule has 1 aliphatic heterocycles. The number of halogens is 1. The number of carboxylic acids is 1. The van der Waals surface area contributed by atoms with E-state index in [4.69, 9.17) is 9.63 Å². The van der Waals surface area contributed by atoms with Crippen molar-refractivity contribution in [3.05, 3.63) is 35.7 Å². The molecule has 27 heavy (non-hydrogen) atoms. The minimum Gasteiger partial charge on any atom is -0.480 e. The van der Waals surface area contributed by atoms with Gasteiger partial charge in [0.1, 0.15) is 0 Å². The van der Waals surface area contributed by atoms with E-state index in [1.54, 1.807) is 0 Å². The number of benzene rings is 1. The summed E-state index contributed by atoms with van der Waals surface area (Å²) < 4.78 is 5.44. The van der Waals surface area contributed by atoms with Gasteiger partial charge in [0.15, 0.2) is 0 Å². The van der Waals surface area contributed by atoms with Crippen LogP contribution in [0.2, 0.25) is 0 Å². The minimum absolute atomic E-state index is 0. The Morgan fingerprint density at radius 1 is 1.37 bits per heavy atom. The molecule has 3 rings (SSSR count). The average Bonchev–Trinajstić information content (AvgIpc) is 2.92. The van der Waals surface area contributed by atoms with Crippen LogP contribution in [0, 0.1) is 6.92 Å². The second-order valence-electron chi connectivity index (χ2n) is 7.05. The number of hydrogen-bond acceptors (Lipinski definition) is 6. The molecule has 0 aliphatic carbocycles.